The Bertz CT molecular complexity index is 1450. The Morgan fingerprint density at radius 2 is 1.86 bits per heavy atom. The summed E-state index contributed by atoms with van der Waals surface area (Å²) in [5, 5.41) is 7.58. The summed E-state index contributed by atoms with van der Waals surface area (Å²) >= 11 is 0. The molecule has 1 N–H and O–H groups in total. The summed E-state index contributed by atoms with van der Waals surface area (Å²) < 4.78 is 22.6. The highest BCUT2D eigenvalue weighted by Crippen LogP contribution is 2.45. The van der Waals surface area contributed by atoms with Crippen LogP contribution in [0.4, 0.5) is 0 Å². The molecule has 1 aromatic heterocycles. The zero-order valence-corrected chi connectivity index (χ0v) is 20.7. The van der Waals surface area contributed by atoms with Crippen molar-refractivity contribution in [3.8, 4) is 34.3 Å². The number of hydrogen-bond donors (Lipinski definition) is 1. The van der Waals surface area contributed by atoms with E-state index in [-0.39, 0.29) is 18.7 Å². The van der Waals surface area contributed by atoms with Gasteiger partial charge in [-0.3, -0.25) is 9.89 Å². The third-order valence-corrected chi connectivity index (χ3v) is 6.67. The van der Waals surface area contributed by atoms with E-state index in [1.807, 2.05) is 71.6 Å². The number of nitrogens with one attached hydrogen (secondary N) is 1. The number of amides is 1. The number of aromatic amines is 1. The van der Waals surface area contributed by atoms with Gasteiger partial charge in [-0.25, -0.2) is 0 Å². The molecule has 3 aromatic carbocycles. The van der Waals surface area contributed by atoms with Crippen molar-refractivity contribution in [2.45, 2.75) is 25.9 Å². The third kappa shape index (κ3) is 4.04. The number of carbonyl (C=O) groups is 1. The highest BCUT2D eigenvalue weighted by molar-refractivity contribution is 6.00. The van der Waals surface area contributed by atoms with Crippen LogP contribution in [-0.2, 0) is 6.54 Å². The first-order chi connectivity index (χ1) is 18.2. The van der Waals surface area contributed by atoms with E-state index < -0.39 is 0 Å². The van der Waals surface area contributed by atoms with Gasteiger partial charge in [0.2, 0.25) is 6.79 Å². The van der Waals surface area contributed by atoms with Crippen LogP contribution in [0.3, 0.4) is 0 Å². The molecule has 2 aliphatic rings. The van der Waals surface area contributed by atoms with Crippen molar-refractivity contribution in [1.29, 1.82) is 0 Å². The minimum absolute atomic E-state index is 0.113. The minimum atomic E-state index is -0.379. The fourth-order valence-electron chi connectivity index (χ4n) is 4.94. The predicted octanol–water partition coefficient (Wildman–Crippen LogP) is 5.35. The SMILES string of the molecule is CCCOc1ccc(C2c3c(-c4ccccc4)n[nH]c3C(=O)N2Cc2ccc3c(c2)OCO3)cc1OC. The summed E-state index contributed by atoms with van der Waals surface area (Å²) in [4.78, 5) is 15.6. The zero-order valence-electron chi connectivity index (χ0n) is 20.7. The fraction of sp³-hybridized carbons (Fsp3) is 0.241. The second-order valence-electron chi connectivity index (χ2n) is 9.01. The van der Waals surface area contributed by atoms with Crippen molar-refractivity contribution in [3.63, 3.8) is 0 Å². The molecular weight excluding hydrogens is 470 g/mol. The van der Waals surface area contributed by atoms with Gasteiger partial charge in [0, 0.05) is 17.7 Å². The molecular formula is C29H27N3O5. The van der Waals surface area contributed by atoms with Crippen molar-refractivity contribution in [1.82, 2.24) is 15.1 Å². The first kappa shape index (κ1) is 23.0. The Labute approximate surface area is 214 Å². The summed E-state index contributed by atoms with van der Waals surface area (Å²) in [5.74, 6) is 2.58. The largest absolute Gasteiger partial charge is 0.493 e. The molecule has 8 heteroatoms. The lowest BCUT2D eigenvalue weighted by Crippen LogP contribution is -2.29. The number of hydrogen-bond acceptors (Lipinski definition) is 6. The normalized spacial score (nSPS) is 15.7. The summed E-state index contributed by atoms with van der Waals surface area (Å²) in [6.45, 7) is 3.24. The highest BCUT2D eigenvalue weighted by atomic mass is 16.7. The molecule has 0 saturated carbocycles. The standard InChI is InChI=1S/C29H27N3O5/c1-3-13-35-21-12-10-20(15-23(21)34-2)28-25-26(19-7-5-4-6-8-19)30-31-27(25)29(33)32(28)16-18-9-11-22-24(14-18)37-17-36-22/h4-12,14-15,28H,3,13,16-17H2,1-2H3,(H,30,31). The molecule has 3 heterocycles. The van der Waals surface area contributed by atoms with Gasteiger partial charge in [-0.15, -0.1) is 0 Å². The number of ether oxygens (including phenoxy) is 4. The van der Waals surface area contributed by atoms with Crippen LogP contribution in [-0.4, -0.2) is 41.5 Å². The van der Waals surface area contributed by atoms with Gasteiger partial charge < -0.3 is 23.8 Å². The molecule has 0 aliphatic carbocycles. The van der Waals surface area contributed by atoms with Crippen LogP contribution >= 0.6 is 0 Å². The van der Waals surface area contributed by atoms with E-state index in [1.54, 1.807) is 7.11 Å². The molecule has 4 aromatic rings. The Balaban J connectivity index is 1.45. The lowest BCUT2D eigenvalue weighted by molar-refractivity contribution is 0.0729. The predicted molar refractivity (Wildman–Crippen MR) is 137 cm³/mol. The van der Waals surface area contributed by atoms with Gasteiger partial charge >= 0.3 is 0 Å². The van der Waals surface area contributed by atoms with Crippen molar-refractivity contribution >= 4 is 5.91 Å². The quantitative estimate of drug-likeness (QED) is 0.353. The molecule has 0 bridgehead atoms. The van der Waals surface area contributed by atoms with Gasteiger partial charge in [0.25, 0.3) is 5.91 Å². The first-order valence-corrected chi connectivity index (χ1v) is 12.3. The molecule has 8 nitrogen and oxygen atoms in total. The number of methoxy groups -OCH3 is 1. The van der Waals surface area contributed by atoms with Gasteiger partial charge in [-0.2, -0.15) is 5.10 Å². The zero-order chi connectivity index (χ0) is 25.4. The number of nitrogens with zero attached hydrogens (tertiary/aromatic N) is 2. The Morgan fingerprint density at radius 3 is 2.68 bits per heavy atom. The Kier molecular flexibility index (Phi) is 5.92. The lowest BCUT2D eigenvalue weighted by atomic mass is 9.95. The summed E-state index contributed by atoms with van der Waals surface area (Å²) in [5.41, 5.74) is 4.89. The summed E-state index contributed by atoms with van der Waals surface area (Å²) in [6.07, 6.45) is 0.893. The van der Waals surface area contributed by atoms with E-state index in [0.29, 0.717) is 41.8 Å². The van der Waals surface area contributed by atoms with E-state index in [4.69, 9.17) is 18.9 Å². The van der Waals surface area contributed by atoms with E-state index in [2.05, 4.69) is 17.1 Å². The van der Waals surface area contributed by atoms with Crippen molar-refractivity contribution in [2.24, 2.45) is 0 Å². The monoisotopic (exact) mass is 497 g/mol. The van der Waals surface area contributed by atoms with Crippen LogP contribution in [0.1, 0.15) is 46.6 Å². The molecule has 1 amide bonds. The number of rotatable bonds is 8. The van der Waals surface area contributed by atoms with Crippen LogP contribution in [0.15, 0.2) is 66.7 Å². The lowest BCUT2D eigenvalue weighted by Gasteiger charge is -2.27. The summed E-state index contributed by atoms with van der Waals surface area (Å²) in [6, 6.07) is 21.1. The number of carbonyl (C=O) groups excluding carboxylic acids is 1. The molecule has 0 fully saturated rings. The van der Waals surface area contributed by atoms with Crippen LogP contribution in [0.5, 0.6) is 23.0 Å². The third-order valence-electron chi connectivity index (χ3n) is 6.67. The molecule has 0 spiro atoms. The maximum Gasteiger partial charge on any atom is 0.273 e. The van der Waals surface area contributed by atoms with Gasteiger partial charge in [-0.1, -0.05) is 49.4 Å². The van der Waals surface area contributed by atoms with E-state index >= 15 is 0 Å². The second kappa shape index (κ2) is 9.54. The molecule has 188 valence electrons. The first-order valence-electron chi connectivity index (χ1n) is 12.3. The summed E-state index contributed by atoms with van der Waals surface area (Å²) in [7, 11) is 1.63. The van der Waals surface area contributed by atoms with Crippen LogP contribution in [0, 0.1) is 0 Å². The van der Waals surface area contributed by atoms with Gasteiger partial charge in [0.05, 0.1) is 25.5 Å². The van der Waals surface area contributed by atoms with Crippen LogP contribution in [0.2, 0.25) is 0 Å². The maximum absolute atomic E-state index is 13.8. The van der Waals surface area contributed by atoms with E-state index in [1.165, 1.54) is 0 Å². The molecule has 0 saturated heterocycles. The molecule has 0 radical (unpaired) electrons. The Morgan fingerprint density at radius 1 is 1.03 bits per heavy atom. The van der Waals surface area contributed by atoms with Crippen LogP contribution in [0.25, 0.3) is 11.3 Å². The van der Waals surface area contributed by atoms with Crippen molar-refractivity contribution < 1.29 is 23.7 Å². The van der Waals surface area contributed by atoms with E-state index in [0.717, 1.165) is 34.4 Å². The maximum atomic E-state index is 13.8. The second-order valence-corrected chi connectivity index (χ2v) is 9.01. The number of fused-ring (bicyclic) bond motifs is 2. The molecule has 37 heavy (non-hydrogen) atoms. The molecule has 2 aliphatic heterocycles. The number of aromatic nitrogens is 2. The minimum Gasteiger partial charge on any atom is -0.493 e. The van der Waals surface area contributed by atoms with Crippen molar-refractivity contribution in [3.05, 3.63) is 89.1 Å². The topological polar surface area (TPSA) is 85.9 Å². The highest BCUT2D eigenvalue weighted by Gasteiger charge is 2.42. The average molecular weight is 498 g/mol. The smallest absolute Gasteiger partial charge is 0.273 e. The number of benzene rings is 3. The number of H-pyrrole nitrogens is 1. The molecule has 6 rings (SSSR count). The molecule has 1 atom stereocenters. The van der Waals surface area contributed by atoms with Crippen LogP contribution < -0.4 is 18.9 Å². The Hall–Kier alpha value is -4.46. The fourth-order valence-corrected chi connectivity index (χ4v) is 4.94. The average Bonchev–Trinajstić information content (AvgIpc) is 3.64. The van der Waals surface area contributed by atoms with Crippen molar-refractivity contribution in [2.75, 3.05) is 20.5 Å². The molecule has 1 unspecified atom stereocenters. The van der Waals surface area contributed by atoms with Gasteiger partial charge in [0.1, 0.15) is 5.69 Å². The van der Waals surface area contributed by atoms with E-state index in [9.17, 15) is 4.79 Å². The van der Waals surface area contributed by atoms with Gasteiger partial charge in [0.15, 0.2) is 23.0 Å². The van der Waals surface area contributed by atoms with Gasteiger partial charge in [-0.05, 0) is 41.8 Å².